The van der Waals surface area contributed by atoms with Crippen molar-refractivity contribution in [3.05, 3.63) is 22.8 Å². The van der Waals surface area contributed by atoms with E-state index in [4.69, 9.17) is 13.7 Å². The molecule has 0 amide bonds. The monoisotopic (exact) mass is 408 g/mol. The van der Waals surface area contributed by atoms with E-state index in [-0.39, 0.29) is 6.10 Å². The summed E-state index contributed by atoms with van der Waals surface area (Å²) in [5.41, 5.74) is 0. The van der Waals surface area contributed by atoms with Crippen LogP contribution in [0.15, 0.2) is 22.8 Å². The topological polar surface area (TPSA) is 9.23 Å². The van der Waals surface area contributed by atoms with Crippen LogP contribution in [0.2, 0.25) is 8.87 Å². The van der Waals surface area contributed by atoms with Gasteiger partial charge in [0, 0.05) is 0 Å². The van der Waals surface area contributed by atoms with Crippen molar-refractivity contribution in [2.75, 3.05) is 6.61 Å². The Morgan fingerprint density at radius 1 is 1.10 bits per heavy atom. The summed E-state index contributed by atoms with van der Waals surface area (Å²) in [6, 6.07) is 0. The van der Waals surface area contributed by atoms with Crippen molar-refractivity contribution in [1.82, 2.24) is 0 Å². The maximum absolute atomic E-state index is 7.02. The van der Waals surface area contributed by atoms with E-state index in [0.29, 0.717) is 6.61 Å². The van der Waals surface area contributed by atoms with Crippen molar-refractivity contribution in [2.24, 2.45) is 0 Å². The van der Waals surface area contributed by atoms with Gasteiger partial charge in [0.15, 0.2) is 0 Å². The molecule has 1 nitrogen and oxygen atoms in total. The van der Waals surface area contributed by atoms with Crippen LogP contribution < -0.4 is 0 Å². The Kier molecular flexibility index (Phi) is 13.6. The number of ether oxygens (including phenoxy) is 1. The molecule has 0 aliphatic carbocycles. The molecule has 0 heterocycles. The summed E-state index contributed by atoms with van der Waals surface area (Å²) in [7, 11) is 7.02. The first-order valence-corrected chi connectivity index (χ1v) is 17.5. The summed E-state index contributed by atoms with van der Waals surface area (Å²) in [4.78, 5) is 0. The normalized spacial score (nSPS) is 13.8. The molecule has 0 saturated carbocycles. The second kappa shape index (κ2) is 13.2. The third-order valence-electron chi connectivity index (χ3n) is 3.50. The molecule has 1 atom stereocenters. The Hall–Kier alpha value is 0.529. The fourth-order valence-electron chi connectivity index (χ4n) is 2.22. The average molecular weight is 408 g/mol. The standard InChI is InChI=1S/C9H15O.2C4H9.ClH.Sn/c1-4-7-9(6-3)10-8-5-2;2*1-3-4-2;;/h3,5-6,9H,2,4,7-8H2,1H3;2*1,3-4H2,2H3;1H;/q;;;;+1/p-1. The number of unbranched alkanes of at least 4 members (excludes halogenated alkanes) is 2. The summed E-state index contributed by atoms with van der Waals surface area (Å²) in [6.45, 7) is 11.0. The summed E-state index contributed by atoms with van der Waals surface area (Å²) in [6.07, 6.45) is 11.6. The maximum atomic E-state index is 7.02. The van der Waals surface area contributed by atoms with Crippen LogP contribution in [0.1, 0.15) is 59.3 Å². The van der Waals surface area contributed by atoms with Crippen LogP contribution in [0, 0.1) is 0 Å². The van der Waals surface area contributed by atoms with E-state index >= 15 is 0 Å². The van der Waals surface area contributed by atoms with E-state index in [0.717, 1.165) is 12.8 Å². The van der Waals surface area contributed by atoms with Gasteiger partial charge >= 0.3 is 135 Å². The summed E-state index contributed by atoms with van der Waals surface area (Å²) >= 11 is -2.53. The van der Waals surface area contributed by atoms with Gasteiger partial charge in [-0.05, 0) is 0 Å². The van der Waals surface area contributed by atoms with Crippen LogP contribution >= 0.6 is 8.92 Å². The van der Waals surface area contributed by atoms with Gasteiger partial charge in [-0.15, -0.1) is 0 Å². The summed E-state index contributed by atoms with van der Waals surface area (Å²) in [5.74, 6) is 0. The Balaban J connectivity index is 4.61. The van der Waals surface area contributed by atoms with Crippen molar-refractivity contribution in [3.8, 4) is 0 Å². The number of hydrogen-bond donors (Lipinski definition) is 0. The van der Waals surface area contributed by atoms with Gasteiger partial charge in [-0.3, -0.25) is 0 Å². The number of hydrogen-bond acceptors (Lipinski definition) is 1. The average Bonchev–Trinajstić information content (AvgIpc) is 2.46. The van der Waals surface area contributed by atoms with Gasteiger partial charge in [0.05, 0.1) is 0 Å². The molecule has 20 heavy (non-hydrogen) atoms. The van der Waals surface area contributed by atoms with Crippen molar-refractivity contribution in [1.29, 1.82) is 0 Å². The van der Waals surface area contributed by atoms with Crippen LogP contribution in [0.3, 0.4) is 0 Å². The molecule has 0 N–H and O–H groups in total. The van der Waals surface area contributed by atoms with Gasteiger partial charge < -0.3 is 0 Å². The molecule has 3 heteroatoms. The number of rotatable bonds is 13. The SMILES string of the molecule is C=CCOC(/C=[CH]\[Sn]([Cl])([CH2]CCC)[CH2]CCC)CCC. The minimum atomic E-state index is -2.53. The second-order valence-electron chi connectivity index (χ2n) is 5.55. The molecular weight excluding hydrogens is 374 g/mol. The van der Waals surface area contributed by atoms with Crippen molar-refractivity contribution < 1.29 is 4.74 Å². The molecule has 1 unspecified atom stereocenters. The van der Waals surface area contributed by atoms with Crippen LogP contribution in [0.25, 0.3) is 0 Å². The molecule has 0 radical (unpaired) electrons. The van der Waals surface area contributed by atoms with E-state index in [1.165, 1.54) is 34.6 Å². The molecule has 0 spiro atoms. The van der Waals surface area contributed by atoms with Gasteiger partial charge in [0.25, 0.3) is 0 Å². The van der Waals surface area contributed by atoms with Crippen LogP contribution in [0.5, 0.6) is 0 Å². The molecule has 0 aliphatic heterocycles. The van der Waals surface area contributed by atoms with Gasteiger partial charge in [0.2, 0.25) is 0 Å². The zero-order chi connectivity index (χ0) is 15.3. The predicted octanol–water partition coefficient (Wildman–Crippen LogP) is 6.24. The quantitative estimate of drug-likeness (QED) is 0.259. The molecule has 0 aliphatic rings. The zero-order valence-corrected chi connectivity index (χ0v) is 17.3. The fourth-order valence-corrected chi connectivity index (χ4v) is 13.1. The van der Waals surface area contributed by atoms with E-state index in [9.17, 15) is 0 Å². The Morgan fingerprint density at radius 2 is 1.70 bits per heavy atom. The van der Waals surface area contributed by atoms with Gasteiger partial charge in [-0.25, -0.2) is 0 Å². The van der Waals surface area contributed by atoms with Crippen molar-refractivity contribution in [3.63, 3.8) is 0 Å². The van der Waals surface area contributed by atoms with Gasteiger partial charge in [-0.1, -0.05) is 0 Å². The van der Waals surface area contributed by atoms with E-state index in [1.807, 2.05) is 6.08 Å². The van der Waals surface area contributed by atoms with Crippen molar-refractivity contribution in [2.45, 2.75) is 74.3 Å². The van der Waals surface area contributed by atoms with E-state index in [2.05, 4.69) is 37.5 Å². The molecule has 0 aromatic heterocycles. The van der Waals surface area contributed by atoms with Crippen LogP contribution in [-0.4, -0.2) is 30.0 Å². The molecular formula is C17H33ClOSn. The van der Waals surface area contributed by atoms with Gasteiger partial charge in [0.1, 0.15) is 0 Å². The Bertz CT molecular complexity index is 258. The predicted molar refractivity (Wildman–Crippen MR) is 95.0 cm³/mol. The third-order valence-corrected chi connectivity index (χ3v) is 15.9. The zero-order valence-electron chi connectivity index (χ0n) is 13.7. The first kappa shape index (κ1) is 20.5. The Morgan fingerprint density at radius 3 is 2.15 bits per heavy atom. The van der Waals surface area contributed by atoms with Gasteiger partial charge in [-0.2, -0.15) is 0 Å². The first-order chi connectivity index (χ1) is 9.61. The second-order valence-corrected chi connectivity index (χ2v) is 20.3. The van der Waals surface area contributed by atoms with E-state index < -0.39 is 17.3 Å². The molecule has 0 rings (SSSR count). The third kappa shape index (κ3) is 10.3. The molecule has 0 aromatic rings. The molecule has 0 fully saturated rings. The summed E-state index contributed by atoms with van der Waals surface area (Å²) < 4.78 is 10.7. The summed E-state index contributed by atoms with van der Waals surface area (Å²) in [5, 5.41) is 0. The van der Waals surface area contributed by atoms with Crippen LogP contribution in [-0.2, 0) is 4.74 Å². The first-order valence-electron chi connectivity index (χ1n) is 8.22. The van der Waals surface area contributed by atoms with Crippen molar-refractivity contribution >= 4 is 26.2 Å². The number of halogens is 1. The molecule has 0 saturated heterocycles. The molecule has 118 valence electrons. The Labute approximate surface area is 134 Å². The fraction of sp³-hybridized carbons (Fsp3) is 0.765. The van der Waals surface area contributed by atoms with E-state index in [1.54, 1.807) is 0 Å². The molecule has 0 bridgehead atoms. The minimum absolute atomic E-state index is 0.219. The van der Waals surface area contributed by atoms with Crippen LogP contribution in [0.4, 0.5) is 0 Å². The molecule has 0 aromatic carbocycles.